The highest BCUT2D eigenvalue weighted by Crippen LogP contribution is 2.52. The molecule has 0 N–H and O–H groups in total. The first-order valence-electron chi connectivity index (χ1n) is 18.4. The third-order valence-electron chi connectivity index (χ3n) is 10.9. The van der Waals surface area contributed by atoms with Crippen molar-refractivity contribution in [1.29, 1.82) is 0 Å². The van der Waals surface area contributed by atoms with Crippen LogP contribution in [-0.4, -0.2) is 21.3 Å². The Labute approximate surface area is 310 Å². The second-order valence-electron chi connectivity index (χ2n) is 14.0. The van der Waals surface area contributed by atoms with E-state index in [9.17, 15) is 0 Å². The zero-order valence-electron chi connectivity index (χ0n) is 29.2. The van der Waals surface area contributed by atoms with Gasteiger partial charge in [-0.15, -0.1) is 18.3 Å². The molecule has 0 radical (unpaired) electrons. The number of nitrogens with zero attached hydrogens (tertiary/aromatic N) is 3. The van der Waals surface area contributed by atoms with Gasteiger partial charge in [-0.1, -0.05) is 109 Å². The Morgan fingerprint density at radius 1 is 0.865 bits per heavy atom. The lowest BCUT2D eigenvalue weighted by molar-refractivity contribution is 0.714. The smallest absolute Gasteiger partial charge is 0.0708 e. The quantitative estimate of drug-likeness (QED) is 0.144. The second-order valence-corrected chi connectivity index (χ2v) is 15.2. The van der Waals surface area contributed by atoms with Crippen LogP contribution in [0.3, 0.4) is 0 Å². The third-order valence-corrected chi connectivity index (χ3v) is 12.3. The maximum atomic E-state index is 4.60. The largest absolute Gasteiger partial charge is 0.338 e. The predicted molar refractivity (Wildman–Crippen MR) is 219 cm³/mol. The van der Waals surface area contributed by atoms with Crippen molar-refractivity contribution >= 4 is 40.5 Å². The van der Waals surface area contributed by atoms with E-state index in [1.165, 1.54) is 49.3 Å². The highest BCUT2D eigenvalue weighted by atomic mass is 32.2. The average Bonchev–Trinajstić information content (AvgIpc) is 3.60. The van der Waals surface area contributed by atoms with E-state index in [1.54, 1.807) is 0 Å². The first-order valence-corrected chi connectivity index (χ1v) is 19.3. The second kappa shape index (κ2) is 14.3. The number of hydrogen-bond acceptors (Lipinski definition) is 4. The minimum atomic E-state index is 0.104. The summed E-state index contributed by atoms with van der Waals surface area (Å²) in [5.74, 6) is 0.791. The number of aromatic nitrogens is 2. The van der Waals surface area contributed by atoms with Crippen LogP contribution in [-0.2, 0) is 0 Å². The Balaban J connectivity index is 1.01. The van der Waals surface area contributed by atoms with Crippen LogP contribution in [0.1, 0.15) is 37.2 Å². The SMILES string of the molecule is C=CC(C/C=C/C1C=c2ncccc2=CC1)N(C1=CC=C(C2=CC=CC3c4ccccc4SC23)CC1)c1ccc(-c2ccc3cccnc3c2)cc1. The molecular weight excluding hydrogens is 651 g/mol. The zero-order valence-corrected chi connectivity index (χ0v) is 30.0. The molecule has 0 saturated carbocycles. The normalized spacial score (nSPS) is 20.8. The molecule has 4 atom stereocenters. The van der Waals surface area contributed by atoms with Crippen molar-refractivity contribution < 1.29 is 0 Å². The van der Waals surface area contributed by atoms with Gasteiger partial charge in [0.2, 0.25) is 0 Å². The molecule has 3 heterocycles. The van der Waals surface area contributed by atoms with Crippen LogP contribution >= 0.6 is 11.8 Å². The molecule has 3 nitrogen and oxygen atoms in total. The van der Waals surface area contributed by atoms with E-state index < -0.39 is 0 Å². The predicted octanol–water partition coefficient (Wildman–Crippen LogP) is 10.2. The van der Waals surface area contributed by atoms with Crippen molar-refractivity contribution in [2.45, 2.75) is 47.8 Å². The van der Waals surface area contributed by atoms with Gasteiger partial charge in [0.25, 0.3) is 0 Å². The highest BCUT2D eigenvalue weighted by molar-refractivity contribution is 8.00. The van der Waals surface area contributed by atoms with E-state index >= 15 is 0 Å². The molecule has 3 aromatic carbocycles. The maximum absolute atomic E-state index is 4.60. The number of benzene rings is 3. The summed E-state index contributed by atoms with van der Waals surface area (Å²) >= 11 is 2.03. The molecule has 254 valence electrons. The van der Waals surface area contributed by atoms with Gasteiger partial charge in [-0.25, -0.2) is 0 Å². The van der Waals surface area contributed by atoms with Gasteiger partial charge in [0, 0.05) is 51.1 Å². The number of hydrogen-bond donors (Lipinski definition) is 0. The van der Waals surface area contributed by atoms with E-state index in [4.69, 9.17) is 0 Å². The molecule has 4 heteroatoms. The van der Waals surface area contributed by atoms with Gasteiger partial charge in [0.1, 0.15) is 0 Å². The van der Waals surface area contributed by atoms with Crippen LogP contribution in [0.15, 0.2) is 180 Å². The van der Waals surface area contributed by atoms with Crippen molar-refractivity contribution in [1.82, 2.24) is 9.97 Å². The fourth-order valence-electron chi connectivity index (χ4n) is 8.17. The van der Waals surface area contributed by atoms with E-state index in [0.717, 1.165) is 41.9 Å². The van der Waals surface area contributed by atoms with Crippen molar-refractivity contribution in [2.75, 3.05) is 4.90 Å². The molecule has 4 unspecified atom stereocenters. The molecule has 0 spiro atoms. The van der Waals surface area contributed by atoms with E-state index in [1.807, 2.05) is 36.3 Å². The number of fused-ring (bicyclic) bond motifs is 5. The molecule has 1 aliphatic heterocycles. The van der Waals surface area contributed by atoms with Crippen molar-refractivity contribution in [3.63, 3.8) is 0 Å². The molecule has 2 aromatic heterocycles. The fraction of sp³-hybridized carbons (Fsp3) is 0.167. The lowest BCUT2D eigenvalue weighted by atomic mass is 9.82. The maximum Gasteiger partial charge on any atom is 0.0708 e. The van der Waals surface area contributed by atoms with Gasteiger partial charge >= 0.3 is 0 Å². The van der Waals surface area contributed by atoms with Crippen LogP contribution in [0, 0.1) is 5.92 Å². The Kier molecular flexibility index (Phi) is 8.92. The van der Waals surface area contributed by atoms with Crippen LogP contribution in [0.25, 0.3) is 34.2 Å². The van der Waals surface area contributed by atoms with E-state index in [2.05, 4.69) is 161 Å². The first-order chi connectivity index (χ1) is 25.7. The van der Waals surface area contributed by atoms with Gasteiger partial charge < -0.3 is 4.90 Å². The minimum Gasteiger partial charge on any atom is -0.338 e. The Hall–Kier alpha value is -5.45. The monoisotopic (exact) mass is 691 g/mol. The van der Waals surface area contributed by atoms with Crippen molar-refractivity contribution in [3.05, 3.63) is 192 Å². The molecular formula is C48H41N3S. The number of anilines is 1. The summed E-state index contributed by atoms with van der Waals surface area (Å²) in [7, 11) is 0. The zero-order chi connectivity index (χ0) is 34.9. The summed E-state index contributed by atoms with van der Waals surface area (Å²) in [5.41, 5.74) is 10.3. The molecule has 5 aromatic rings. The molecule has 0 saturated heterocycles. The molecule has 0 fully saturated rings. The van der Waals surface area contributed by atoms with Crippen LogP contribution in [0.2, 0.25) is 0 Å². The van der Waals surface area contributed by atoms with Crippen LogP contribution < -0.4 is 15.5 Å². The lowest BCUT2D eigenvalue weighted by Gasteiger charge is -2.36. The van der Waals surface area contributed by atoms with E-state index in [0.29, 0.717) is 17.1 Å². The molecule has 0 bridgehead atoms. The highest BCUT2D eigenvalue weighted by Gasteiger charge is 2.36. The number of pyridine rings is 2. The Morgan fingerprint density at radius 3 is 2.62 bits per heavy atom. The fourth-order valence-corrected chi connectivity index (χ4v) is 9.68. The van der Waals surface area contributed by atoms with Gasteiger partial charge in [0.15, 0.2) is 0 Å². The third kappa shape index (κ3) is 6.33. The van der Waals surface area contributed by atoms with Crippen LogP contribution in [0.5, 0.6) is 0 Å². The summed E-state index contributed by atoms with van der Waals surface area (Å²) in [6.07, 6.45) is 30.8. The van der Waals surface area contributed by atoms with Crippen molar-refractivity contribution in [3.8, 4) is 11.1 Å². The lowest BCUT2D eigenvalue weighted by Crippen LogP contribution is -2.33. The Morgan fingerprint density at radius 2 is 1.73 bits per heavy atom. The summed E-state index contributed by atoms with van der Waals surface area (Å²) in [6, 6.07) is 32.9. The topological polar surface area (TPSA) is 29.0 Å². The summed E-state index contributed by atoms with van der Waals surface area (Å²) in [4.78, 5) is 13.1. The molecule has 52 heavy (non-hydrogen) atoms. The molecule has 3 aliphatic carbocycles. The molecule has 9 rings (SSSR count). The van der Waals surface area contributed by atoms with Crippen LogP contribution in [0.4, 0.5) is 5.69 Å². The van der Waals surface area contributed by atoms with Gasteiger partial charge in [-0.2, -0.15) is 0 Å². The molecule has 4 aliphatic rings. The first kappa shape index (κ1) is 32.5. The number of thioether (sulfide) groups is 1. The average molecular weight is 692 g/mol. The van der Waals surface area contributed by atoms with E-state index in [-0.39, 0.29) is 6.04 Å². The number of allylic oxidation sites excluding steroid dienone is 8. The molecule has 0 amide bonds. The minimum absolute atomic E-state index is 0.104. The number of rotatable bonds is 9. The standard InChI is InChI=1S/C48H41N3S/c1-2-39(12-5-9-33-17-18-36-10-7-29-49-45(36)31-33)51(40-25-21-34(22-26-40)38-20-19-37-11-8-30-50-46(37)32-38)41-27-23-35(24-28-41)42-14-6-15-44-43-13-3-4-16-47(43)52-48(42)44/h2-11,13-16,18-23,25-27,29-33,39,44,48H,1,12,17,24,28H2/b9-5+. The Bertz CT molecular complexity index is 2450. The van der Waals surface area contributed by atoms with Crippen molar-refractivity contribution in [2.24, 2.45) is 5.92 Å². The summed E-state index contributed by atoms with van der Waals surface area (Å²) < 4.78 is 0. The van der Waals surface area contributed by atoms with Gasteiger partial charge in [0.05, 0.1) is 16.9 Å². The summed E-state index contributed by atoms with van der Waals surface area (Å²) in [5, 5.41) is 3.91. The van der Waals surface area contributed by atoms with Gasteiger partial charge in [-0.05, 0) is 101 Å². The summed E-state index contributed by atoms with van der Waals surface area (Å²) in [6.45, 7) is 4.37. The van der Waals surface area contributed by atoms with Gasteiger partial charge in [-0.3, -0.25) is 9.97 Å².